The zero-order valence-corrected chi connectivity index (χ0v) is 12.0. The van der Waals surface area contributed by atoms with Gasteiger partial charge in [-0.25, -0.2) is 9.37 Å². The lowest BCUT2D eigenvalue weighted by Crippen LogP contribution is -2.32. The Morgan fingerprint density at radius 2 is 2.14 bits per heavy atom. The molecule has 0 saturated heterocycles. The van der Waals surface area contributed by atoms with Crippen LogP contribution in [0, 0.1) is 5.82 Å². The minimum absolute atomic E-state index is 0.0436. The van der Waals surface area contributed by atoms with Gasteiger partial charge < -0.3 is 10.6 Å². The topological polar surface area (TPSA) is 99.8 Å². The van der Waals surface area contributed by atoms with Crippen molar-refractivity contribution in [3.8, 4) is 0 Å². The minimum Gasteiger partial charge on any atom is -0.351 e. The number of H-pyrrole nitrogens is 1. The first kappa shape index (κ1) is 15.6. The fourth-order valence-corrected chi connectivity index (χ4v) is 1.84. The summed E-state index contributed by atoms with van der Waals surface area (Å²) in [6, 6.07) is 5.36. The lowest BCUT2D eigenvalue weighted by atomic mass is 10.2. The van der Waals surface area contributed by atoms with Crippen molar-refractivity contribution >= 4 is 11.8 Å². The smallest absolute Gasteiger partial charge is 0.254 e. The van der Waals surface area contributed by atoms with Gasteiger partial charge in [0, 0.05) is 13.0 Å². The van der Waals surface area contributed by atoms with Crippen LogP contribution in [0.2, 0.25) is 0 Å². The average Bonchev–Trinajstić information content (AvgIpc) is 3.01. The number of rotatable bonds is 6. The molecule has 0 fully saturated rings. The monoisotopic (exact) mass is 305 g/mol. The van der Waals surface area contributed by atoms with E-state index in [1.165, 1.54) is 24.5 Å². The molecular formula is C14H16FN5O2. The molecule has 7 nitrogen and oxygen atoms in total. The highest BCUT2D eigenvalue weighted by molar-refractivity contribution is 5.94. The Kier molecular flexibility index (Phi) is 5.18. The van der Waals surface area contributed by atoms with Gasteiger partial charge in [0.25, 0.3) is 5.91 Å². The fraction of sp³-hybridized carbons (Fsp3) is 0.286. The van der Waals surface area contributed by atoms with Crippen LogP contribution in [0.3, 0.4) is 0 Å². The molecule has 0 aliphatic carbocycles. The van der Waals surface area contributed by atoms with Crippen molar-refractivity contribution in [2.24, 2.45) is 0 Å². The number of nitrogens with one attached hydrogen (secondary N) is 3. The second kappa shape index (κ2) is 7.30. The van der Waals surface area contributed by atoms with Crippen LogP contribution in [0.15, 0.2) is 30.6 Å². The average molecular weight is 305 g/mol. The molecule has 0 aliphatic rings. The Morgan fingerprint density at radius 1 is 1.36 bits per heavy atom. The number of carbonyl (C=O) groups excluding carboxylic acids is 2. The molecule has 0 spiro atoms. The molecule has 0 radical (unpaired) electrons. The summed E-state index contributed by atoms with van der Waals surface area (Å²) in [5.74, 6) is -0.848. The van der Waals surface area contributed by atoms with Crippen molar-refractivity contribution in [3.05, 3.63) is 47.8 Å². The van der Waals surface area contributed by atoms with E-state index in [0.29, 0.717) is 5.82 Å². The van der Waals surface area contributed by atoms with Crippen LogP contribution in [0.4, 0.5) is 4.39 Å². The summed E-state index contributed by atoms with van der Waals surface area (Å²) in [6.07, 6.45) is 1.44. The molecule has 1 atom stereocenters. The van der Waals surface area contributed by atoms with Gasteiger partial charge in [-0.05, 0) is 19.1 Å². The molecule has 2 aromatic rings. The molecule has 1 heterocycles. The van der Waals surface area contributed by atoms with Crippen molar-refractivity contribution in [1.29, 1.82) is 0 Å². The molecule has 2 amide bonds. The number of nitrogens with zero attached hydrogens (tertiary/aromatic N) is 2. The van der Waals surface area contributed by atoms with E-state index in [9.17, 15) is 14.0 Å². The van der Waals surface area contributed by atoms with Crippen LogP contribution in [-0.2, 0) is 4.79 Å². The van der Waals surface area contributed by atoms with Gasteiger partial charge >= 0.3 is 0 Å². The number of benzene rings is 1. The van der Waals surface area contributed by atoms with E-state index in [1.54, 1.807) is 13.0 Å². The standard InChI is InChI=1S/C14H16FN5O2/c1-9(13-17-8-18-20-13)19-12(21)6-7-16-14(22)10-4-2-3-5-11(10)15/h2-5,8-9H,6-7H2,1H3,(H,16,22)(H,19,21)(H,17,18,20)/t9-/m0/s1. The quantitative estimate of drug-likeness (QED) is 0.739. The maximum absolute atomic E-state index is 13.4. The maximum atomic E-state index is 13.4. The molecular weight excluding hydrogens is 289 g/mol. The lowest BCUT2D eigenvalue weighted by molar-refractivity contribution is -0.121. The first-order chi connectivity index (χ1) is 10.6. The number of amides is 2. The molecule has 22 heavy (non-hydrogen) atoms. The summed E-state index contributed by atoms with van der Waals surface area (Å²) >= 11 is 0. The van der Waals surface area contributed by atoms with E-state index in [4.69, 9.17) is 0 Å². The van der Waals surface area contributed by atoms with E-state index in [0.717, 1.165) is 0 Å². The molecule has 0 saturated carbocycles. The van der Waals surface area contributed by atoms with Gasteiger partial charge in [-0.2, -0.15) is 5.10 Å². The van der Waals surface area contributed by atoms with Gasteiger partial charge in [-0.15, -0.1) is 0 Å². The SMILES string of the molecule is C[C@H](NC(=O)CCNC(=O)c1ccccc1F)c1ncn[nH]1. The number of halogens is 1. The van der Waals surface area contributed by atoms with E-state index >= 15 is 0 Å². The molecule has 0 aliphatic heterocycles. The van der Waals surface area contributed by atoms with Gasteiger partial charge in [0.2, 0.25) is 5.91 Å². The van der Waals surface area contributed by atoms with E-state index < -0.39 is 11.7 Å². The lowest BCUT2D eigenvalue weighted by Gasteiger charge is -2.11. The Morgan fingerprint density at radius 3 is 2.82 bits per heavy atom. The highest BCUT2D eigenvalue weighted by atomic mass is 19.1. The highest BCUT2D eigenvalue weighted by Gasteiger charge is 2.13. The second-order valence-electron chi connectivity index (χ2n) is 4.65. The fourth-order valence-electron chi connectivity index (χ4n) is 1.84. The predicted molar refractivity (Wildman–Crippen MR) is 76.3 cm³/mol. The van der Waals surface area contributed by atoms with E-state index in [1.807, 2.05) is 0 Å². The first-order valence-corrected chi connectivity index (χ1v) is 6.75. The number of aromatic amines is 1. The first-order valence-electron chi connectivity index (χ1n) is 6.75. The summed E-state index contributed by atoms with van der Waals surface area (Å²) in [5, 5.41) is 11.6. The van der Waals surface area contributed by atoms with Gasteiger partial charge in [0.05, 0.1) is 11.6 Å². The van der Waals surface area contributed by atoms with Crippen molar-refractivity contribution in [2.45, 2.75) is 19.4 Å². The molecule has 3 N–H and O–H groups in total. The van der Waals surface area contributed by atoms with Gasteiger partial charge in [0.1, 0.15) is 18.0 Å². The molecule has 1 aromatic carbocycles. The summed E-state index contributed by atoms with van der Waals surface area (Å²) in [7, 11) is 0. The number of hydrogen-bond donors (Lipinski definition) is 3. The van der Waals surface area contributed by atoms with Crippen LogP contribution in [0.5, 0.6) is 0 Å². The van der Waals surface area contributed by atoms with Crippen molar-refractivity contribution in [2.75, 3.05) is 6.54 Å². The summed E-state index contributed by atoms with van der Waals surface area (Å²) in [5.41, 5.74) is -0.0436. The van der Waals surface area contributed by atoms with Gasteiger partial charge in [-0.3, -0.25) is 14.7 Å². The molecule has 1 aromatic heterocycles. The van der Waals surface area contributed by atoms with Crippen LogP contribution < -0.4 is 10.6 Å². The van der Waals surface area contributed by atoms with E-state index in [2.05, 4.69) is 25.8 Å². The Hall–Kier alpha value is -2.77. The van der Waals surface area contributed by atoms with E-state index in [-0.39, 0.29) is 30.5 Å². The van der Waals surface area contributed by atoms with Gasteiger partial charge in [-0.1, -0.05) is 12.1 Å². The Bertz CT molecular complexity index is 644. The normalized spacial score (nSPS) is 11.7. The van der Waals surface area contributed by atoms with Crippen LogP contribution >= 0.6 is 0 Å². The number of aromatic nitrogens is 3. The van der Waals surface area contributed by atoms with Crippen molar-refractivity contribution < 1.29 is 14.0 Å². The molecule has 8 heteroatoms. The second-order valence-corrected chi connectivity index (χ2v) is 4.65. The predicted octanol–water partition coefficient (Wildman–Crippen LogP) is 0.941. The molecule has 116 valence electrons. The summed E-state index contributed by atoms with van der Waals surface area (Å²) in [6.45, 7) is 1.87. The Labute approximate surface area is 126 Å². The number of hydrogen-bond acceptors (Lipinski definition) is 4. The molecule has 0 unspecified atom stereocenters. The van der Waals surface area contributed by atoms with Crippen molar-refractivity contribution in [3.63, 3.8) is 0 Å². The highest BCUT2D eigenvalue weighted by Crippen LogP contribution is 2.06. The third-order valence-corrected chi connectivity index (χ3v) is 2.98. The van der Waals surface area contributed by atoms with Gasteiger partial charge in [0.15, 0.2) is 0 Å². The summed E-state index contributed by atoms with van der Waals surface area (Å²) < 4.78 is 13.4. The molecule has 0 bridgehead atoms. The van der Waals surface area contributed by atoms with Crippen molar-refractivity contribution in [1.82, 2.24) is 25.8 Å². The third kappa shape index (κ3) is 4.11. The summed E-state index contributed by atoms with van der Waals surface area (Å²) in [4.78, 5) is 27.4. The van der Waals surface area contributed by atoms with Crippen LogP contribution in [-0.4, -0.2) is 33.5 Å². The number of carbonyl (C=O) groups is 2. The third-order valence-electron chi connectivity index (χ3n) is 2.98. The minimum atomic E-state index is -0.594. The van der Waals surface area contributed by atoms with Crippen LogP contribution in [0.25, 0.3) is 0 Å². The maximum Gasteiger partial charge on any atom is 0.254 e. The zero-order chi connectivity index (χ0) is 15.9. The zero-order valence-electron chi connectivity index (χ0n) is 12.0. The molecule has 2 rings (SSSR count). The van der Waals surface area contributed by atoms with Crippen LogP contribution in [0.1, 0.15) is 35.6 Å². The Balaban J connectivity index is 1.75. The largest absolute Gasteiger partial charge is 0.351 e.